The molecule has 4 rings (SSSR count). The van der Waals surface area contributed by atoms with E-state index in [1.165, 1.54) is 19.7 Å². The van der Waals surface area contributed by atoms with Crippen LogP contribution < -0.4 is 14.2 Å². The van der Waals surface area contributed by atoms with Gasteiger partial charge in [-0.2, -0.15) is 17.4 Å². The maximum Gasteiger partial charge on any atom is 0.280 e. The molecule has 8 nitrogen and oxygen atoms in total. The van der Waals surface area contributed by atoms with E-state index in [1.54, 1.807) is 30.2 Å². The smallest absolute Gasteiger partial charge is 0.280 e. The van der Waals surface area contributed by atoms with E-state index in [1.807, 2.05) is 18.2 Å². The summed E-state index contributed by atoms with van der Waals surface area (Å²) < 4.78 is 40.1. The van der Waals surface area contributed by atoms with Gasteiger partial charge in [0.15, 0.2) is 11.5 Å². The first-order chi connectivity index (χ1) is 14.8. The van der Waals surface area contributed by atoms with Crippen molar-refractivity contribution in [1.29, 1.82) is 0 Å². The first kappa shape index (κ1) is 21.6. The minimum atomic E-state index is -3.82. The van der Waals surface area contributed by atoms with Crippen molar-refractivity contribution in [1.82, 2.24) is 13.9 Å². The monoisotopic (exact) mass is 445 g/mol. The first-order valence-corrected chi connectivity index (χ1v) is 11.6. The van der Waals surface area contributed by atoms with Crippen molar-refractivity contribution in [2.45, 2.75) is 31.5 Å². The lowest BCUT2D eigenvalue weighted by Gasteiger charge is -2.39. The molecule has 166 valence electrons. The van der Waals surface area contributed by atoms with E-state index in [0.29, 0.717) is 31.0 Å². The molecule has 0 unspecified atom stereocenters. The molecule has 0 aromatic heterocycles. The Hall–Kier alpha value is -2.62. The summed E-state index contributed by atoms with van der Waals surface area (Å²) in [7, 11) is 0.700. The number of nitrogens with one attached hydrogen (secondary N) is 1. The third-order valence-electron chi connectivity index (χ3n) is 6.11. The molecule has 2 aliphatic rings. The molecule has 0 saturated carbocycles. The third-order valence-corrected chi connectivity index (χ3v) is 7.70. The lowest BCUT2D eigenvalue weighted by Crippen LogP contribution is -2.58. The lowest BCUT2D eigenvalue weighted by molar-refractivity contribution is -0.136. The zero-order valence-electron chi connectivity index (χ0n) is 17.9. The van der Waals surface area contributed by atoms with E-state index in [0.717, 1.165) is 21.9 Å². The summed E-state index contributed by atoms with van der Waals surface area (Å²) in [5, 5.41) is 0. The second kappa shape index (κ2) is 8.49. The fourth-order valence-corrected chi connectivity index (χ4v) is 5.54. The zero-order valence-corrected chi connectivity index (χ0v) is 18.7. The number of amides is 1. The Morgan fingerprint density at radius 1 is 1.06 bits per heavy atom. The highest BCUT2D eigenvalue weighted by Gasteiger charge is 2.42. The van der Waals surface area contributed by atoms with Crippen molar-refractivity contribution < 1.29 is 22.7 Å². The van der Waals surface area contributed by atoms with Crippen LogP contribution in [0.4, 0.5) is 0 Å². The second-order valence-electron chi connectivity index (χ2n) is 7.84. The number of fused-ring (bicyclic) bond motifs is 1. The predicted octanol–water partition coefficient (Wildman–Crippen LogP) is 1.87. The molecule has 2 atom stereocenters. The van der Waals surface area contributed by atoms with Crippen LogP contribution >= 0.6 is 0 Å². The van der Waals surface area contributed by atoms with Crippen LogP contribution in [0.15, 0.2) is 42.5 Å². The molecule has 0 radical (unpaired) electrons. The van der Waals surface area contributed by atoms with E-state index in [-0.39, 0.29) is 5.91 Å². The summed E-state index contributed by atoms with van der Waals surface area (Å²) in [6.45, 7) is 1.07. The van der Waals surface area contributed by atoms with Gasteiger partial charge in [-0.1, -0.05) is 30.3 Å². The Morgan fingerprint density at radius 3 is 2.48 bits per heavy atom. The highest BCUT2D eigenvalue weighted by atomic mass is 32.2. The van der Waals surface area contributed by atoms with Gasteiger partial charge in [-0.05, 0) is 41.7 Å². The quantitative estimate of drug-likeness (QED) is 0.776. The average Bonchev–Trinajstić information content (AvgIpc) is 2.79. The molecule has 0 aliphatic carbocycles. The molecule has 0 spiro atoms. The van der Waals surface area contributed by atoms with Crippen LogP contribution in [-0.2, 0) is 28.0 Å². The molecule has 31 heavy (non-hydrogen) atoms. The van der Waals surface area contributed by atoms with Gasteiger partial charge < -0.3 is 14.4 Å². The molecule has 2 aliphatic heterocycles. The molecule has 2 aromatic carbocycles. The summed E-state index contributed by atoms with van der Waals surface area (Å²) in [5.41, 5.74) is 3.06. The number of hydrogen-bond acceptors (Lipinski definition) is 5. The van der Waals surface area contributed by atoms with Crippen LogP contribution in [-0.4, -0.2) is 57.4 Å². The molecular formula is C22H27N3O5S. The molecule has 1 saturated heterocycles. The van der Waals surface area contributed by atoms with E-state index >= 15 is 0 Å². The SMILES string of the molecule is COc1ccc([C@@H]2C[C@H](C(=O)N3CCc4ccccc4C3)N(C)S(=O)(=O)N2)cc1OC. The van der Waals surface area contributed by atoms with Crippen molar-refractivity contribution in [3.8, 4) is 11.5 Å². The summed E-state index contributed by atoms with van der Waals surface area (Å²) in [5.74, 6) is 0.892. The van der Waals surface area contributed by atoms with Crippen molar-refractivity contribution in [2.75, 3.05) is 27.8 Å². The van der Waals surface area contributed by atoms with Crippen molar-refractivity contribution in [3.05, 3.63) is 59.2 Å². The Balaban J connectivity index is 1.60. The van der Waals surface area contributed by atoms with Gasteiger partial charge in [0, 0.05) is 20.1 Å². The number of methoxy groups -OCH3 is 2. The highest BCUT2D eigenvalue weighted by Crippen LogP contribution is 2.35. The van der Waals surface area contributed by atoms with E-state index in [2.05, 4.69) is 10.8 Å². The molecule has 9 heteroatoms. The average molecular weight is 446 g/mol. The van der Waals surface area contributed by atoms with Crippen molar-refractivity contribution in [2.24, 2.45) is 0 Å². The second-order valence-corrected chi connectivity index (χ2v) is 9.60. The van der Waals surface area contributed by atoms with E-state index in [9.17, 15) is 13.2 Å². The van der Waals surface area contributed by atoms with Crippen LogP contribution in [0.3, 0.4) is 0 Å². The normalized spacial score (nSPS) is 23.1. The predicted molar refractivity (Wildman–Crippen MR) is 116 cm³/mol. The molecule has 1 amide bonds. The summed E-state index contributed by atoms with van der Waals surface area (Å²) >= 11 is 0. The summed E-state index contributed by atoms with van der Waals surface area (Å²) in [6, 6.07) is 12.0. The summed E-state index contributed by atoms with van der Waals surface area (Å²) in [4.78, 5) is 15.2. The highest BCUT2D eigenvalue weighted by molar-refractivity contribution is 7.87. The first-order valence-electron chi connectivity index (χ1n) is 10.2. The van der Waals surface area contributed by atoms with Gasteiger partial charge in [0.25, 0.3) is 10.2 Å². The Morgan fingerprint density at radius 2 is 1.77 bits per heavy atom. The van der Waals surface area contributed by atoms with Gasteiger partial charge in [0.05, 0.1) is 20.3 Å². The largest absolute Gasteiger partial charge is 0.493 e. The molecule has 1 N–H and O–H groups in total. The molecule has 2 aromatic rings. The molecular weight excluding hydrogens is 418 g/mol. The maximum absolute atomic E-state index is 13.4. The number of likely N-dealkylation sites (N-methyl/N-ethyl adjacent to an activating group) is 1. The molecule has 0 bridgehead atoms. The zero-order chi connectivity index (χ0) is 22.2. The number of nitrogens with zero attached hydrogens (tertiary/aromatic N) is 2. The Labute approximate surface area is 182 Å². The number of hydrogen-bond donors (Lipinski definition) is 1. The number of rotatable bonds is 4. The van der Waals surface area contributed by atoms with Gasteiger partial charge in [-0.15, -0.1) is 0 Å². The number of ether oxygens (including phenoxy) is 2. The Kier molecular flexibility index (Phi) is 5.92. The van der Waals surface area contributed by atoms with Crippen LogP contribution in [0, 0.1) is 0 Å². The lowest BCUT2D eigenvalue weighted by atomic mass is 9.96. The topological polar surface area (TPSA) is 88.2 Å². The number of carbonyl (C=O) groups excluding carboxylic acids is 1. The van der Waals surface area contributed by atoms with Crippen LogP contribution in [0.25, 0.3) is 0 Å². The van der Waals surface area contributed by atoms with E-state index < -0.39 is 22.3 Å². The minimum absolute atomic E-state index is 0.174. The Bertz CT molecular complexity index is 1090. The standard InChI is InChI=1S/C22H27N3O5S/c1-24-19(22(26)25-11-10-15-6-4-5-7-17(15)14-25)13-18(23-31(24,27)28)16-8-9-20(29-2)21(12-16)30-3/h4-9,12,18-19,23H,10-11,13-14H2,1-3H3/t18-,19+/m0/s1. The molecule has 1 fully saturated rings. The fourth-order valence-electron chi connectivity index (χ4n) is 4.27. The van der Waals surface area contributed by atoms with Gasteiger partial charge in [0.2, 0.25) is 5.91 Å². The summed E-state index contributed by atoms with van der Waals surface area (Å²) in [6.07, 6.45) is 1.09. The van der Waals surface area contributed by atoms with Gasteiger partial charge in [-0.3, -0.25) is 4.79 Å². The van der Waals surface area contributed by atoms with E-state index in [4.69, 9.17) is 9.47 Å². The molecule has 2 heterocycles. The number of carbonyl (C=O) groups is 1. The fraction of sp³-hybridized carbons (Fsp3) is 0.409. The number of benzene rings is 2. The van der Waals surface area contributed by atoms with Crippen LogP contribution in [0.1, 0.15) is 29.2 Å². The van der Waals surface area contributed by atoms with Gasteiger partial charge in [0.1, 0.15) is 6.04 Å². The van der Waals surface area contributed by atoms with Crippen LogP contribution in [0.5, 0.6) is 11.5 Å². The van der Waals surface area contributed by atoms with Crippen molar-refractivity contribution in [3.63, 3.8) is 0 Å². The third kappa shape index (κ3) is 4.13. The minimum Gasteiger partial charge on any atom is -0.493 e. The maximum atomic E-state index is 13.4. The van der Waals surface area contributed by atoms with Gasteiger partial charge in [-0.25, -0.2) is 0 Å². The van der Waals surface area contributed by atoms with Gasteiger partial charge >= 0.3 is 0 Å². The van der Waals surface area contributed by atoms with Crippen LogP contribution in [0.2, 0.25) is 0 Å². The van der Waals surface area contributed by atoms with Crippen molar-refractivity contribution >= 4 is 16.1 Å².